The molecule has 0 rings (SSSR count). The van der Waals surface area contributed by atoms with E-state index in [4.69, 9.17) is 10.8 Å². The van der Waals surface area contributed by atoms with Crippen LogP contribution in [0.5, 0.6) is 0 Å². The van der Waals surface area contributed by atoms with Crippen molar-refractivity contribution in [3.63, 3.8) is 0 Å². The van der Waals surface area contributed by atoms with Crippen LogP contribution in [-0.4, -0.2) is 17.8 Å². The Morgan fingerprint density at radius 1 is 1.71 bits per heavy atom. The minimum Gasteiger partial charge on any atom is -0.393 e. The molecule has 0 aromatic rings. The van der Waals surface area contributed by atoms with Crippen molar-refractivity contribution in [1.82, 2.24) is 0 Å². The molecule has 7 heavy (non-hydrogen) atoms. The molecular weight excluding hydrogens is 90.1 g/mol. The van der Waals surface area contributed by atoms with Gasteiger partial charge in [0.15, 0.2) is 0 Å². The molecule has 0 spiro atoms. The third-order valence-corrected chi connectivity index (χ3v) is 0.584. The monoisotopic (exact) mass is 105 g/mol. The first-order chi connectivity index (χ1) is 2.77. The second kappa shape index (κ2) is 5.92. The second-order valence-electron chi connectivity index (χ2n) is 1.43. The molecule has 2 heteroatoms. The van der Waals surface area contributed by atoms with E-state index in [2.05, 4.69) is 0 Å². The first-order valence-electron chi connectivity index (χ1n) is 2.15. The molecule has 0 aromatic heterocycles. The lowest BCUT2D eigenvalue weighted by atomic mass is 10.3. The smallest absolute Gasteiger partial charge is 0.0524 e. The molecule has 46 valence electrons. The van der Waals surface area contributed by atoms with Crippen molar-refractivity contribution >= 4 is 0 Å². The fourth-order valence-corrected chi connectivity index (χ4v) is 0.241. The van der Waals surface area contributed by atoms with Crippen LogP contribution in [0, 0.1) is 0 Å². The van der Waals surface area contributed by atoms with E-state index in [-0.39, 0.29) is 13.5 Å². The molecule has 0 radical (unpaired) electrons. The standard InChI is InChI=1S/C4H11NO.CH4/c1-4(6)2-3-5;/h4,6H,2-3,5H2,1H3;1H4. The van der Waals surface area contributed by atoms with Crippen molar-refractivity contribution < 1.29 is 5.11 Å². The number of aliphatic hydroxyl groups is 1. The van der Waals surface area contributed by atoms with Gasteiger partial charge < -0.3 is 10.8 Å². The van der Waals surface area contributed by atoms with Crippen LogP contribution in [0.1, 0.15) is 20.8 Å². The van der Waals surface area contributed by atoms with Gasteiger partial charge in [-0.05, 0) is 19.9 Å². The van der Waals surface area contributed by atoms with Gasteiger partial charge in [-0.25, -0.2) is 0 Å². The Bertz CT molecular complexity index is 29.3. The van der Waals surface area contributed by atoms with E-state index < -0.39 is 0 Å². The van der Waals surface area contributed by atoms with Crippen LogP contribution >= 0.6 is 0 Å². The number of aliphatic hydroxyl groups excluding tert-OH is 1. The van der Waals surface area contributed by atoms with Crippen LogP contribution in [-0.2, 0) is 0 Å². The zero-order chi connectivity index (χ0) is 4.99. The van der Waals surface area contributed by atoms with Gasteiger partial charge in [-0.1, -0.05) is 7.43 Å². The maximum Gasteiger partial charge on any atom is 0.0524 e. The average Bonchev–Trinajstić information content (AvgIpc) is 1.35. The van der Waals surface area contributed by atoms with Crippen LogP contribution in [0.4, 0.5) is 0 Å². The molecule has 3 N–H and O–H groups in total. The van der Waals surface area contributed by atoms with Crippen LogP contribution in [0.3, 0.4) is 0 Å². The summed E-state index contributed by atoms with van der Waals surface area (Å²) in [5, 5.41) is 8.47. The SMILES string of the molecule is C.CC(O)CCN. The van der Waals surface area contributed by atoms with E-state index in [9.17, 15) is 0 Å². The van der Waals surface area contributed by atoms with Crippen molar-refractivity contribution in [3.05, 3.63) is 0 Å². The third kappa shape index (κ3) is 10.7. The van der Waals surface area contributed by atoms with Crippen LogP contribution < -0.4 is 5.73 Å². The first-order valence-corrected chi connectivity index (χ1v) is 2.15. The van der Waals surface area contributed by atoms with Gasteiger partial charge in [0.25, 0.3) is 0 Å². The zero-order valence-electron chi connectivity index (χ0n) is 4.02. The molecule has 0 fully saturated rings. The Kier molecular flexibility index (Phi) is 8.47. The minimum atomic E-state index is -0.227. The molecule has 0 amide bonds. The lowest BCUT2D eigenvalue weighted by molar-refractivity contribution is 0.187. The molecular formula is C5H15NO. The second-order valence-corrected chi connectivity index (χ2v) is 1.43. The van der Waals surface area contributed by atoms with E-state index in [1.807, 2.05) is 0 Å². The normalized spacial score (nSPS) is 12.4. The van der Waals surface area contributed by atoms with E-state index in [1.165, 1.54) is 0 Å². The zero-order valence-corrected chi connectivity index (χ0v) is 4.02. The lowest BCUT2D eigenvalue weighted by Crippen LogP contribution is -2.08. The summed E-state index contributed by atoms with van der Waals surface area (Å²) in [5.74, 6) is 0. The highest BCUT2D eigenvalue weighted by Gasteiger charge is 1.87. The highest BCUT2D eigenvalue weighted by Crippen LogP contribution is 1.81. The summed E-state index contributed by atoms with van der Waals surface area (Å²) in [4.78, 5) is 0. The van der Waals surface area contributed by atoms with E-state index in [0.717, 1.165) is 0 Å². The van der Waals surface area contributed by atoms with Crippen molar-refractivity contribution in [1.29, 1.82) is 0 Å². The Morgan fingerprint density at radius 3 is 2.14 bits per heavy atom. The van der Waals surface area contributed by atoms with Crippen molar-refractivity contribution in [2.24, 2.45) is 5.73 Å². The van der Waals surface area contributed by atoms with Gasteiger partial charge in [0, 0.05) is 0 Å². The maximum absolute atomic E-state index is 8.47. The molecule has 0 aliphatic rings. The largest absolute Gasteiger partial charge is 0.393 e. The Morgan fingerprint density at radius 2 is 2.14 bits per heavy atom. The molecule has 0 bridgehead atoms. The fraction of sp³-hybridized carbons (Fsp3) is 1.00. The van der Waals surface area contributed by atoms with Gasteiger partial charge in [0.1, 0.15) is 0 Å². The summed E-state index contributed by atoms with van der Waals surface area (Å²) in [7, 11) is 0. The minimum absolute atomic E-state index is 0. The Labute approximate surface area is 45.3 Å². The summed E-state index contributed by atoms with van der Waals surface area (Å²) in [6.07, 6.45) is 0.481. The molecule has 0 saturated heterocycles. The van der Waals surface area contributed by atoms with E-state index in [1.54, 1.807) is 6.92 Å². The van der Waals surface area contributed by atoms with Gasteiger partial charge in [-0.15, -0.1) is 0 Å². The molecule has 1 atom stereocenters. The van der Waals surface area contributed by atoms with Gasteiger partial charge in [-0.3, -0.25) is 0 Å². The summed E-state index contributed by atoms with van der Waals surface area (Å²) >= 11 is 0. The molecule has 0 aromatic carbocycles. The lowest BCUT2D eigenvalue weighted by Gasteiger charge is -1.95. The van der Waals surface area contributed by atoms with Crippen LogP contribution in [0.15, 0.2) is 0 Å². The predicted molar refractivity (Wildman–Crippen MR) is 32.1 cm³/mol. The predicted octanol–water partition coefficient (Wildman–Crippen LogP) is 0.352. The Hall–Kier alpha value is -0.0800. The molecule has 1 unspecified atom stereocenters. The molecule has 0 aliphatic carbocycles. The van der Waals surface area contributed by atoms with Crippen molar-refractivity contribution in [2.45, 2.75) is 26.9 Å². The number of hydrogen-bond acceptors (Lipinski definition) is 2. The number of nitrogens with two attached hydrogens (primary N) is 1. The summed E-state index contributed by atoms with van der Waals surface area (Å²) < 4.78 is 0. The summed E-state index contributed by atoms with van der Waals surface area (Å²) in [6, 6.07) is 0. The highest BCUT2D eigenvalue weighted by atomic mass is 16.3. The fourth-order valence-electron chi connectivity index (χ4n) is 0.241. The highest BCUT2D eigenvalue weighted by molar-refractivity contribution is 4.43. The molecule has 0 aliphatic heterocycles. The summed E-state index contributed by atoms with van der Waals surface area (Å²) in [6.45, 7) is 2.31. The number of rotatable bonds is 2. The number of hydrogen-bond donors (Lipinski definition) is 2. The van der Waals surface area contributed by atoms with Crippen LogP contribution in [0.2, 0.25) is 0 Å². The van der Waals surface area contributed by atoms with Gasteiger partial charge in [-0.2, -0.15) is 0 Å². The topological polar surface area (TPSA) is 46.2 Å². The molecule has 0 saturated carbocycles. The van der Waals surface area contributed by atoms with Crippen LogP contribution in [0.25, 0.3) is 0 Å². The average molecular weight is 105 g/mol. The van der Waals surface area contributed by atoms with Gasteiger partial charge >= 0.3 is 0 Å². The van der Waals surface area contributed by atoms with Crippen molar-refractivity contribution in [2.75, 3.05) is 6.54 Å². The molecule has 0 heterocycles. The first kappa shape index (κ1) is 10.0. The van der Waals surface area contributed by atoms with Gasteiger partial charge in [0.2, 0.25) is 0 Å². The summed E-state index contributed by atoms with van der Waals surface area (Å²) in [5.41, 5.74) is 5.07. The van der Waals surface area contributed by atoms with E-state index >= 15 is 0 Å². The maximum atomic E-state index is 8.47. The van der Waals surface area contributed by atoms with Gasteiger partial charge in [0.05, 0.1) is 6.10 Å². The molecule has 2 nitrogen and oxygen atoms in total. The van der Waals surface area contributed by atoms with Crippen molar-refractivity contribution in [3.8, 4) is 0 Å². The third-order valence-electron chi connectivity index (χ3n) is 0.584. The Balaban J connectivity index is 0. The van der Waals surface area contributed by atoms with E-state index in [0.29, 0.717) is 13.0 Å². The quantitative estimate of drug-likeness (QED) is 0.532.